The summed E-state index contributed by atoms with van der Waals surface area (Å²) in [5.41, 5.74) is 1.14. The van der Waals surface area contributed by atoms with E-state index >= 15 is 0 Å². The predicted octanol–water partition coefficient (Wildman–Crippen LogP) is 5.00. The van der Waals surface area contributed by atoms with Gasteiger partial charge >= 0.3 is 0 Å². The van der Waals surface area contributed by atoms with Crippen LogP contribution < -0.4 is 0 Å². The van der Waals surface area contributed by atoms with Gasteiger partial charge in [-0.15, -0.1) is 23.4 Å². The van der Waals surface area contributed by atoms with Crippen LogP contribution in [0.1, 0.15) is 11.1 Å². The minimum absolute atomic E-state index is 0.115. The summed E-state index contributed by atoms with van der Waals surface area (Å²) in [4.78, 5) is 0.964. The first kappa shape index (κ1) is 13.4. The Labute approximate surface area is 114 Å². The van der Waals surface area contributed by atoms with E-state index in [0.717, 1.165) is 10.5 Å². The summed E-state index contributed by atoms with van der Waals surface area (Å²) < 4.78 is 26.8. The lowest BCUT2D eigenvalue weighted by Gasteiger charge is -2.05. The van der Waals surface area contributed by atoms with Crippen molar-refractivity contribution in [2.45, 2.75) is 16.5 Å². The van der Waals surface area contributed by atoms with Gasteiger partial charge in [-0.3, -0.25) is 0 Å². The van der Waals surface area contributed by atoms with Crippen molar-refractivity contribution in [2.24, 2.45) is 0 Å². The van der Waals surface area contributed by atoms with Crippen LogP contribution in [0.4, 0.5) is 8.78 Å². The molecule has 0 unspecified atom stereocenters. The van der Waals surface area contributed by atoms with Crippen LogP contribution in [0.3, 0.4) is 0 Å². The summed E-state index contributed by atoms with van der Waals surface area (Å²) in [5, 5.41) is 0. The van der Waals surface area contributed by atoms with Gasteiger partial charge in [-0.05, 0) is 29.8 Å². The molecule has 0 aliphatic heterocycles. The Kier molecular flexibility index (Phi) is 4.61. The molecule has 2 rings (SSSR count). The molecule has 0 aliphatic carbocycles. The van der Waals surface area contributed by atoms with E-state index in [1.807, 2.05) is 24.3 Å². The minimum Gasteiger partial charge on any atom is -0.207 e. The van der Waals surface area contributed by atoms with Crippen LogP contribution in [0.15, 0.2) is 47.4 Å². The maximum Gasteiger partial charge on any atom is 0.130 e. The van der Waals surface area contributed by atoms with Crippen molar-refractivity contribution < 1.29 is 8.78 Å². The SMILES string of the molecule is Fc1cccc(F)c1CSc1ccc(CCl)cc1. The van der Waals surface area contributed by atoms with Crippen molar-refractivity contribution in [2.75, 3.05) is 0 Å². The molecule has 94 valence electrons. The Balaban J connectivity index is 2.06. The Morgan fingerprint density at radius 1 is 0.944 bits per heavy atom. The molecule has 2 aromatic carbocycles. The van der Waals surface area contributed by atoms with Gasteiger partial charge in [-0.1, -0.05) is 18.2 Å². The third-order valence-electron chi connectivity index (χ3n) is 2.52. The van der Waals surface area contributed by atoms with Crippen molar-refractivity contribution in [3.05, 3.63) is 65.2 Å². The summed E-state index contributed by atoms with van der Waals surface area (Å²) in [6.45, 7) is 0. The molecule has 4 heteroatoms. The van der Waals surface area contributed by atoms with E-state index in [4.69, 9.17) is 11.6 Å². The first-order chi connectivity index (χ1) is 8.70. The number of hydrogen-bond acceptors (Lipinski definition) is 1. The highest BCUT2D eigenvalue weighted by atomic mass is 35.5. The molecule has 0 nitrogen and oxygen atoms in total. The second-order valence-electron chi connectivity index (χ2n) is 3.77. The van der Waals surface area contributed by atoms with Gasteiger partial charge in [0, 0.05) is 22.1 Å². The number of benzene rings is 2. The quantitative estimate of drug-likeness (QED) is 0.563. The molecule has 0 amide bonds. The highest BCUT2D eigenvalue weighted by molar-refractivity contribution is 7.98. The molecule has 0 aliphatic rings. The average Bonchev–Trinajstić information content (AvgIpc) is 2.39. The molecular formula is C14H11ClF2S. The first-order valence-electron chi connectivity index (χ1n) is 5.41. The van der Waals surface area contributed by atoms with E-state index in [0.29, 0.717) is 5.88 Å². The maximum absolute atomic E-state index is 13.4. The molecule has 0 saturated heterocycles. The second kappa shape index (κ2) is 6.21. The monoisotopic (exact) mass is 284 g/mol. The normalized spacial score (nSPS) is 10.6. The van der Waals surface area contributed by atoms with E-state index in [1.165, 1.54) is 30.0 Å². The van der Waals surface area contributed by atoms with E-state index in [-0.39, 0.29) is 11.3 Å². The van der Waals surface area contributed by atoms with Crippen LogP contribution in [0.2, 0.25) is 0 Å². The first-order valence-corrected chi connectivity index (χ1v) is 6.93. The molecule has 0 aromatic heterocycles. The zero-order valence-electron chi connectivity index (χ0n) is 9.50. The van der Waals surface area contributed by atoms with Gasteiger partial charge in [0.25, 0.3) is 0 Å². The largest absolute Gasteiger partial charge is 0.207 e. The van der Waals surface area contributed by atoms with Crippen LogP contribution in [-0.2, 0) is 11.6 Å². The average molecular weight is 285 g/mol. The number of alkyl halides is 1. The lowest BCUT2D eigenvalue weighted by molar-refractivity contribution is 0.566. The van der Waals surface area contributed by atoms with Crippen molar-refractivity contribution in [3.63, 3.8) is 0 Å². The fraction of sp³-hybridized carbons (Fsp3) is 0.143. The van der Waals surface area contributed by atoms with Crippen LogP contribution in [0, 0.1) is 11.6 Å². The van der Waals surface area contributed by atoms with Gasteiger partial charge in [0.1, 0.15) is 11.6 Å². The number of thioether (sulfide) groups is 1. The lowest BCUT2D eigenvalue weighted by atomic mass is 10.2. The lowest BCUT2D eigenvalue weighted by Crippen LogP contribution is -1.92. The second-order valence-corrected chi connectivity index (χ2v) is 5.08. The van der Waals surface area contributed by atoms with E-state index in [1.54, 1.807) is 0 Å². The molecule has 0 spiro atoms. The highest BCUT2D eigenvalue weighted by Gasteiger charge is 2.08. The number of hydrogen-bond donors (Lipinski definition) is 0. The van der Waals surface area contributed by atoms with Crippen molar-refractivity contribution in [3.8, 4) is 0 Å². The summed E-state index contributed by atoms with van der Waals surface area (Å²) >= 11 is 7.09. The smallest absolute Gasteiger partial charge is 0.130 e. The molecule has 0 N–H and O–H groups in total. The Bertz CT molecular complexity index is 506. The summed E-state index contributed by atoms with van der Waals surface area (Å²) in [7, 11) is 0. The van der Waals surface area contributed by atoms with Crippen LogP contribution in [-0.4, -0.2) is 0 Å². The van der Waals surface area contributed by atoms with Gasteiger partial charge in [-0.25, -0.2) is 8.78 Å². The zero-order valence-corrected chi connectivity index (χ0v) is 11.1. The zero-order chi connectivity index (χ0) is 13.0. The molecule has 0 fully saturated rings. The molecular weight excluding hydrogens is 274 g/mol. The fourth-order valence-electron chi connectivity index (χ4n) is 1.50. The maximum atomic E-state index is 13.4. The van der Waals surface area contributed by atoms with Gasteiger partial charge in [0.15, 0.2) is 0 Å². The number of rotatable bonds is 4. The third-order valence-corrected chi connectivity index (χ3v) is 3.87. The van der Waals surface area contributed by atoms with Crippen molar-refractivity contribution in [1.82, 2.24) is 0 Å². The van der Waals surface area contributed by atoms with Crippen LogP contribution in [0.25, 0.3) is 0 Å². The van der Waals surface area contributed by atoms with Gasteiger partial charge in [-0.2, -0.15) is 0 Å². The van der Waals surface area contributed by atoms with Gasteiger partial charge < -0.3 is 0 Å². The molecule has 0 radical (unpaired) electrons. The summed E-state index contributed by atoms with van der Waals surface area (Å²) in [5.74, 6) is -0.259. The van der Waals surface area contributed by atoms with Crippen molar-refractivity contribution in [1.29, 1.82) is 0 Å². The fourth-order valence-corrected chi connectivity index (χ4v) is 2.59. The predicted molar refractivity (Wildman–Crippen MR) is 71.9 cm³/mol. The van der Waals surface area contributed by atoms with E-state index in [2.05, 4.69) is 0 Å². The topological polar surface area (TPSA) is 0 Å². The summed E-state index contributed by atoms with van der Waals surface area (Å²) in [6.07, 6.45) is 0. The molecule has 0 heterocycles. The van der Waals surface area contributed by atoms with Crippen LogP contribution >= 0.6 is 23.4 Å². The van der Waals surface area contributed by atoms with Crippen LogP contribution in [0.5, 0.6) is 0 Å². The van der Waals surface area contributed by atoms with E-state index < -0.39 is 11.6 Å². The summed E-state index contributed by atoms with van der Waals surface area (Å²) in [6, 6.07) is 11.5. The third kappa shape index (κ3) is 3.24. The van der Waals surface area contributed by atoms with E-state index in [9.17, 15) is 8.78 Å². The number of halogens is 3. The Morgan fingerprint density at radius 3 is 2.11 bits per heavy atom. The van der Waals surface area contributed by atoms with Crippen molar-refractivity contribution >= 4 is 23.4 Å². The van der Waals surface area contributed by atoms with Gasteiger partial charge in [0.2, 0.25) is 0 Å². The Morgan fingerprint density at radius 2 is 1.56 bits per heavy atom. The molecule has 0 atom stereocenters. The molecule has 0 saturated carbocycles. The standard InChI is InChI=1S/C14H11ClF2S/c15-8-10-4-6-11(7-5-10)18-9-12-13(16)2-1-3-14(12)17/h1-7H,8-9H2. The Hall–Kier alpha value is -1.06. The highest BCUT2D eigenvalue weighted by Crippen LogP contribution is 2.26. The molecule has 0 bridgehead atoms. The molecule has 18 heavy (non-hydrogen) atoms. The molecule has 2 aromatic rings. The minimum atomic E-state index is -0.500. The van der Waals surface area contributed by atoms with Gasteiger partial charge in [0.05, 0.1) is 0 Å².